The second-order valence-corrected chi connectivity index (χ2v) is 9.60. The zero-order valence-corrected chi connectivity index (χ0v) is 20.8. The number of primary amides is 1. The van der Waals surface area contributed by atoms with Crippen molar-refractivity contribution in [3.8, 4) is 5.88 Å². The van der Waals surface area contributed by atoms with Gasteiger partial charge in [0.25, 0.3) is 5.91 Å². The van der Waals surface area contributed by atoms with E-state index in [-0.39, 0.29) is 47.3 Å². The van der Waals surface area contributed by atoms with Crippen LogP contribution in [-0.4, -0.2) is 82.6 Å². The lowest BCUT2D eigenvalue weighted by molar-refractivity contribution is -0.137. The second kappa shape index (κ2) is 12.4. The van der Waals surface area contributed by atoms with Crippen LogP contribution in [-0.2, 0) is 9.53 Å². The van der Waals surface area contributed by atoms with E-state index in [1.165, 1.54) is 6.08 Å². The van der Waals surface area contributed by atoms with Crippen LogP contribution >= 0.6 is 27.5 Å². The number of nitrogens with one attached hydrogen (secondary N) is 2. The van der Waals surface area contributed by atoms with Crippen LogP contribution in [0.1, 0.15) is 23.2 Å². The molecule has 0 aromatic carbocycles. The third kappa shape index (κ3) is 7.43. The number of aliphatic hydroxyl groups is 1. The van der Waals surface area contributed by atoms with E-state index in [0.717, 1.165) is 0 Å². The molecule has 1 saturated heterocycles. The van der Waals surface area contributed by atoms with Crippen molar-refractivity contribution in [2.24, 2.45) is 5.73 Å². The monoisotopic (exact) mass is 579 g/mol. The van der Waals surface area contributed by atoms with Gasteiger partial charge in [-0.2, -0.15) is 4.37 Å². The van der Waals surface area contributed by atoms with Crippen molar-refractivity contribution in [1.29, 1.82) is 0 Å². The van der Waals surface area contributed by atoms with Crippen molar-refractivity contribution in [2.75, 3.05) is 44.8 Å². The van der Waals surface area contributed by atoms with Crippen LogP contribution in [0.15, 0.2) is 23.3 Å². The Balaban J connectivity index is 1.53. The Morgan fingerprint density at radius 2 is 2.09 bits per heavy atom. The summed E-state index contributed by atoms with van der Waals surface area (Å²) >= 11 is 3.79. The molecule has 5 N–H and O–H groups in total. The van der Waals surface area contributed by atoms with Crippen molar-refractivity contribution in [1.82, 2.24) is 14.6 Å². The van der Waals surface area contributed by atoms with Gasteiger partial charge in [-0.05, 0) is 17.6 Å². The highest BCUT2D eigenvalue weighted by molar-refractivity contribution is 9.09. The SMILES string of the molecule is NC(=O)c1c(OCC2=C(F)CC(Br)C=C2F)nsc1NC(=O)NCC(O)CC(=O)N1CCOCC1. The minimum Gasteiger partial charge on any atom is -0.471 e. The number of halogens is 3. The number of carbonyl (C=O) groups is 3. The molecule has 0 bridgehead atoms. The van der Waals surface area contributed by atoms with Crippen LogP contribution < -0.4 is 21.1 Å². The molecule has 0 radical (unpaired) electrons. The topological polar surface area (TPSA) is 156 Å². The number of allylic oxidation sites excluding steroid dienone is 2. The van der Waals surface area contributed by atoms with Crippen LogP contribution in [0.3, 0.4) is 0 Å². The van der Waals surface area contributed by atoms with Crippen LogP contribution in [0.5, 0.6) is 5.88 Å². The molecule has 1 aromatic rings. The van der Waals surface area contributed by atoms with Crippen molar-refractivity contribution < 1.29 is 37.7 Å². The van der Waals surface area contributed by atoms with Gasteiger partial charge in [0.15, 0.2) is 0 Å². The molecule has 2 aliphatic rings. The molecule has 0 spiro atoms. The second-order valence-electron chi connectivity index (χ2n) is 7.65. The first-order valence-corrected chi connectivity index (χ1v) is 12.2. The lowest BCUT2D eigenvalue weighted by Crippen LogP contribution is -2.43. The van der Waals surface area contributed by atoms with E-state index in [9.17, 15) is 28.3 Å². The summed E-state index contributed by atoms with van der Waals surface area (Å²) in [7, 11) is 0. The van der Waals surface area contributed by atoms with Gasteiger partial charge in [-0.3, -0.25) is 14.9 Å². The van der Waals surface area contributed by atoms with E-state index in [1.54, 1.807) is 4.90 Å². The van der Waals surface area contributed by atoms with E-state index < -0.39 is 41.1 Å². The van der Waals surface area contributed by atoms with Gasteiger partial charge in [-0.1, -0.05) is 15.9 Å². The van der Waals surface area contributed by atoms with Gasteiger partial charge in [0, 0.05) is 30.9 Å². The molecule has 35 heavy (non-hydrogen) atoms. The minimum absolute atomic E-state index is 0.0528. The van der Waals surface area contributed by atoms with E-state index in [4.69, 9.17) is 15.2 Å². The standard InChI is InChI=1S/C20H24BrF2N5O6S/c21-10-5-13(22)12(14(23)6-10)9-34-18-16(17(24)31)19(35-27-18)26-20(32)25-8-11(29)7-15(30)28-1-3-33-4-2-28/h5,10-11,29H,1-4,6-9H2,(H2,24,31)(H2,25,26,32). The molecule has 192 valence electrons. The van der Waals surface area contributed by atoms with E-state index in [0.29, 0.717) is 37.8 Å². The smallest absolute Gasteiger partial charge is 0.320 e. The number of hydrogen-bond acceptors (Lipinski definition) is 8. The summed E-state index contributed by atoms with van der Waals surface area (Å²) in [6, 6.07) is -0.793. The van der Waals surface area contributed by atoms with Gasteiger partial charge < -0.3 is 30.5 Å². The average Bonchev–Trinajstić information content (AvgIpc) is 3.20. The minimum atomic E-state index is -1.13. The highest BCUT2D eigenvalue weighted by Gasteiger charge is 2.26. The summed E-state index contributed by atoms with van der Waals surface area (Å²) in [5.41, 5.74) is 4.79. The molecule has 2 unspecified atom stereocenters. The Kier molecular flexibility index (Phi) is 9.54. The molecule has 1 aliphatic carbocycles. The predicted octanol–water partition coefficient (Wildman–Crippen LogP) is 1.60. The fourth-order valence-electron chi connectivity index (χ4n) is 3.28. The molecular formula is C20H24BrF2N5O6S. The Morgan fingerprint density at radius 3 is 2.74 bits per heavy atom. The summed E-state index contributed by atoms with van der Waals surface area (Å²) in [6.45, 7) is 0.974. The maximum absolute atomic E-state index is 14.1. The van der Waals surface area contributed by atoms with Crippen LogP contribution in [0.25, 0.3) is 0 Å². The molecular weight excluding hydrogens is 556 g/mol. The summed E-state index contributed by atoms with van der Waals surface area (Å²) in [5, 5.41) is 14.8. The molecule has 1 fully saturated rings. The molecule has 11 nitrogen and oxygen atoms in total. The molecule has 15 heteroatoms. The number of morpholine rings is 1. The molecule has 1 aromatic heterocycles. The van der Waals surface area contributed by atoms with Crippen LogP contribution in [0.4, 0.5) is 18.6 Å². The maximum Gasteiger partial charge on any atom is 0.320 e. The Hall–Kier alpha value is -2.62. The van der Waals surface area contributed by atoms with Gasteiger partial charge in [-0.15, -0.1) is 0 Å². The third-order valence-corrected chi connectivity index (χ3v) is 6.41. The van der Waals surface area contributed by atoms with Gasteiger partial charge in [0.1, 0.15) is 28.8 Å². The Morgan fingerprint density at radius 1 is 1.37 bits per heavy atom. The average molecular weight is 580 g/mol. The number of aliphatic hydroxyl groups excluding tert-OH is 1. The third-order valence-electron chi connectivity index (χ3n) is 5.08. The Labute approximate surface area is 211 Å². The molecule has 4 amide bonds. The number of nitrogens with zero attached hydrogens (tertiary/aromatic N) is 2. The number of carbonyl (C=O) groups excluding carboxylic acids is 3. The largest absolute Gasteiger partial charge is 0.471 e. The van der Waals surface area contributed by atoms with Gasteiger partial charge in [0.2, 0.25) is 11.8 Å². The van der Waals surface area contributed by atoms with E-state index >= 15 is 0 Å². The molecule has 2 atom stereocenters. The summed E-state index contributed by atoms with van der Waals surface area (Å²) < 4.78 is 42.5. The van der Waals surface area contributed by atoms with Crippen LogP contribution in [0, 0.1) is 0 Å². The van der Waals surface area contributed by atoms with Crippen molar-refractivity contribution in [2.45, 2.75) is 23.8 Å². The number of rotatable bonds is 9. The maximum atomic E-state index is 14.1. The number of ether oxygens (including phenoxy) is 2. The lowest BCUT2D eigenvalue weighted by atomic mass is 10.1. The first-order valence-electron chi connectivity index (χ1n) is 10.6. The predicted molar refractivity (Wildman–Crippen MR) is 126 cm³/mol. The molecule has 1 aliphatic heterocycles. The number of aromatic nitrogens is 1. The summed E-state index contributed by atoms with van der Waals surface area (Å²) in [4.78, 5) is 37.4. The number of anilines is 1. The lowest BCUT2D eigenvalue weighted by Gasteiger charge is -2.27. The zero-order chi connectivity index (χ0) is 25.5. The van der Waals surface area contributed by atoms with Gasteiger partial charge >= 0.3 is 6.03 Å². The Bertz CT molecular complexity index is 1030. The first-order chi connectivity index (χ1) is 16.7. The first kappa shape index (κ1) is 27.0. The van der Waals surface area contributed by atoms with Gasteiger partial charge in [0.05, 0.1) is 31.3 Å². The van der Waals surface area contributed by atoms with Gasteiger partial charge in [-0.25, -0.2) is 13.6 Å². The normalized spacial score (nSPS) is 19.1. The number of urea groups is 1. The van der Waals surface area contributed by atoms with Crippen LogP contribution in [0.2, 0.25) is 0 Å². The summed E-state index contributed by atoms with van der Waals surface area (Å²) in [6.07, 6.45) is -0.174. The van der Waals surface area contributed by atoms with Crippen molar-refractivity contribution in [3.05, 3.63) is 28.9 Å². The molecule has 2 heterocycles. The van der Waals surface area contributed by atoms with E-state index in [2.05, 4.69) is 30.9 Å². The zero-order valence-electron chi connectivity index (χ0n) is 18.4. The van der Waals surface area contributed by atoms with E-state index in [1.807, 2.05) is 0 Å². The number of amides is 4. The fourth-order valence-corrected chi connectivity index (χ4v) is 4.53. The number of alkyl halides is 1. The van der Waals surface area contributed by atoms with Crippen molar-refractivity contribution >= 4 is 50.3 Å². The molecule has 0 saturated carbocycles. The number of nitrogens with two attached hydrogens (primary N) is 1. The quantitative estimate of drug-likeness (QED) is 0.324. The summed E-state index contributed by atoms with van der Waals surface area (Å²) in [5.74, 6) is -3.02. The highest BCUT2D eigenvalue weighted by Crippen LogP contribution is 2.34. The van der Waals surface area contributed by atoms with Crippen molar-refractivity contribution in [3.63, 3.8) is 0 Å². The molecule has 3 rings (SSSR count). The fraction of sp³-hybridized carbons (Fsp3) is 0.500. The number of hydrogen-bond donors (Lipinski definition) is 4. The highest BCUT2D eigenvalue weighted by atomic mass is 79.9.